The van der Waals surface area contributed by atoms with Gasteiger partial charge in [-0.25, -0.2) is 4.39 Å². The molecule has 1 fully saturated rings. The Hall–Kier alpha value is -3.17. The van der Waals surface area contributed by atoms with Gasteiger partial charge in [0.05, 0.1) is 0 Å². The van der Waals surface area contributed by atoms with Crippen molar-refractivity contribution in [1.82, 2.24) is 10.2 Å². The van der Waals surface area contributed by atoms with E-state index >= 15 is 0 Å². The fraction of sp³-hybridized carbons (Fsp3) is 0.273. The third-order valence-corrected chi connectivity index (χ3v) is 4.28. The van der Waals surface area contributed by atoms with Crippen molar-refractivity contribution in [2.45, 2.75) is 25.5 Å². The van der Waals surface area contributed by atoms with Gasteiger partial charge in [-0.2, -0.15) is 0 Å². The molecule has 144 valence electrons. The van der Waals surface area contributed by atoms with Crippen LogP contribution in [0.25, 0.3) is 0 Å². The molecule has 2 N–H and O–H groups in total. The van der Waals surface area contributed by atoms with Gasteiger partial charge in [-0.05, 0) is 49.7 Å². The predicted octanol–water partition coefficient (Wildman–Crippen LogP) is 2.26. The predicted molar refractivity (Wildman–Crippen MR) is 103 cm³/mol. The van der Waals surface area contributed by atoms with Crippen molar-refractivity contribution < 1.29 is 19.1 Å². The first-order chi connectivity index (χ1) is 13.2. The molecule has 1 saturated heterocycles. The molecular formula is C22H21FN2O3. The van der Waals surface area contributed by atoms with Gasteiger partial charge in [-0.1, -0.05) is 30.0 Å². The lowest BCUT2D eigenvalue weighted by Crippen LogP contribution is -2.52. The zero-order chi connectivity index (χ0) is 20.3. The van der Waals surface area contributed by atoms with Gasteiger partial charge in [0.1, 0.15) is 17.5 Å². The zero-order valence-electron chi connectivity index (χ0n) is 15.7. The largest absolute Gasteiger partial charge is 0.378 e. The molecule has 1 aliphatic rings. The van der Waals surface area contributed by atoms with E-state index in [2.05, 4.69) is 17.2 Å². The van der Waals surface area contributed by atoms with Crippen molar-refractivity contribution in [2.24, 2.45) is 0 Å². The summed E-state index contributed by atoms with van der Waals surface area (Å²) in [6, 6.07) is 11.5. The molecule has 1 aliphatic heterocycles. The minimum absolute atomic E-state index is 0.302. The van der Waals surface area contributed by atoms with E-state index in [9.17, 15) is 19.1 Å². The number of piperazine rings is 1. The maximum absolute atomic E-state index is 13.3. The Kier molecular flexibility index (Phi) is 5.48. The van der Waals surface area contributed by atoms with Gasteiger partial charge in [0, 0.05) is 24.2 Å². The number of aliphatic hydroxyl groups is 1. The van der Waals surface area contributed by atoms with E-state index in [1.54, 1.807) is 38.1 Å². The second-order valence-corrected chi connectivity index (χ2v) is 7.13. The van der Waals surface area contributed by atoms with Gasteiger partial charge < -0.3 is 15.3 Å². The Bertz CT molecular complexity index is 952. The average molecular weight is 380 g/mol. The number of rotatable bonds is 2. The molecule has 2 aromatic rings. The summed E-state index contributed by atoms with van der Waals surface area (Å²) in [6.45, 7) is 3.84. The lowest BCUT2D eigenvalue weighted by Gasteiger charge is -2.35. The van der Waals surface area contributed by atoms with Crippen LogP contribution in [-0.4, -0.2) is 40.5 Å². The van der Waals surface area contributed by atoms with Crippen molar-refractivity contribution in [3.63, 3.8) is 0 Å². The van der Waals surface area contributed by atoms with Crippen LogP contribution in [0.1, 0.15) is 41.4 Å². The normalized spacial score (nSPS) is 16.8. The number of benzene rings is 2. The fourth-order valence-corrected chi connectivity index (χ4v) is 2.98. The summed E-state index contributed by atoms with van der Waals surface area (Å²) in [7, 11) is 0. The summed E-state index contributed by atoms with van der Waals surface area (Å²) >= 11 is 0. The highest BCUT2D eigenvalue weighted by molar-refractivity contribution is 5.98. The topological polar surface area (TPSA) is 69.6 Å². The first-order valence-electron chi connectivity index (χ1n) is 8.94. The zero-order valence-corrected chi connectivity index (χ0v) is 15.7. The molecule has 6 heteroatoms. The molecule has 2 amide bonds. The monoisotopic (exact) mass is 380 g/mol. The van der Waals surface area contributed by atoms with E-state index < -0.39 is 17.5 Å². The van der Waals surface area contributed by atoms with Gasteiger partial charge >= 0.3 is 0 Å². The molecular weight excluding hydrogens is 359 g/mol. The van der Waals surface area contributed by atoms with Gasteiger partial charge in [0.15, 0.2) is 0 Å². The smallest absolute Gasteiger partial charge is 0.254 e. The van der Waals surface area contributed by atoms with Gasteiger partial charge in [-0.15, -0.1) is 0 Å². The summed E-state index contributed by atoms with van der Waals surface area (Å²) in [5.74, 6) is 4.54. The number of halogens is 1. The molecule has 0 aromatic heterocycles. The average Bonchev–Trinajstić information content (AvgIpc) is 2.66. The first-order valence-corrected chi connectivity index (χ1v) is 8.94. The van der Waals surface area contributed by atoms with Crippen LogP contribution in [0.2, 0.25) is 0 Å². The van der Waals surface area contributed by atoms with E-state index in [-0.39, 0.29) is 11.8 Å². The van der Waals surface area contributed by atoms with Crippen LogP contribution in [-0.2, 0) is 4.79 Å². The third-order valence-electron chi connectivity index (χ3n) is 4.28. The molecule has 5 nitrogen and oxygen atoms in total. The Labute approximate surface area is 163 Å². The minimum Gasteiger partial charge on any atom is -0.378 e. The Morgan fingerprint density at radius 2 is 1.96 bits per heavy atom. The summed E-state index contributed by atoms with van der Waals surface area (Å²) < 4.78 is 13.3. The van der Waals surface area contributed by atoms with Gasteiger partial charge in [0.2, 0.25) is 5.91 Å². The Morgan fingerprint density at radius 1 is 1.25 bits per heavy atom. The Balaban J connectivity index is 1.92. The van der Waals surface area contributed by atoms with Crippen molar-refractivity contribution in [3.05, 3.63) is 71.0 Å². The highest BCUT2D eigenvalue weighted by Gasteiger charge is 2.34. The van der Waals surface area contributed by atoms with Crippen LogP contribution in [0.5, 0.6) is 0 Å². The number of hydrogen-bond donors (Lipinski definition) is 2. The van der Waals surface area contributed by atoms with Gasteiger partial charge in [0.25, 0.3) is 5.91 Å². The number of amides is 2. The van der Waals surface area contributed by atoms with Crippen molar-refractivity contribution >= 4 is 11.8 Å². The van der Waals surface area contributed by atoms with Crippen molar-refractivity contribution in [2.75, 3.05) is 13.1 Å². The maximum atomic E-state index is 13.3. The summed E-state index contributed by atoms with van der Waals surface area (Å²) in [5, 5.41) is 12.5. The van der Waals surface area contributed by atoms with Crippen LogP contribution in [0, 0.1) is 17.7 Å². The number of carbonyl (C=O) groups is 2. The van der Waals surface area contributed by atoms with E-state index in [0.29, 0.717) is 29.8 Å². The number of hydrogen-bond acceptors (Lipinski definition) is 3. The first kappa shape index (κ1) is 19.6. The molecule has 3 rings (SSSR count). The fourth-order valence-electron chi connectivity index (χ4n) is 2.98. The second-order valence-electron chi connectivity index (χ2n) is 7.13. The molecule has 1 unspecified atom stereocenters. The number of nitrogens with zero attached hydrogens (tertiary/aromatic N) is 1. The van der Waals surface area contributed by atoms with Crippen molar-refractivity contribution in [1.29, 1.82) is 0 Å². The molecule has 0 radical (unpaired) electrons. The number of nitrogens with one attached hydrogen (secondary N) is 1. The molecule has 0 aliphatic carbocycles. The molecule has 0 spiro atoms. The quantitative estimate of drug-likeness (QED) is 0.786. The third kappa shape index (κ3) is 4.56. The summed E-state index contributed by atoms with van der Waals surface area (Å²) in [5.41, 5.74) is 0.389. The van der Waals surface area contributed by atoms with Gasteiger partial charge in [-0.3, -0.25) is 9.59 Å². The van der Waals surface area contributed by atoms with Crippen LogP contribution in [0.3, 0.4) is 0 Å². The Morgan fingerprint density at radius 3 is 2.64 bits per heavy atom. The molecule has 2 aromatic carbocycles. The second kappa shape index (κ2) is 7.83. The standard InChI is InChI=1S/C22H21FN2O3/c1-22(2,28)11-10-15-4-3-5-17(14-15)21(27)25-13-12-24-20(26)19(25)16-6-8-18(23)9-7-16/h3-9,14,19,28H,12-13H2,1-2H3,(H,24,26). The summed E-state index contributed by atoms with van der Waals surface area (Å²) in [4.78, 5) is 27.1. The minimum atomic E-state index is -1.14. The van der Waals surface area contributed by atoms with E-state index in [4.69, 9.17) is 0 Å². The summed E-state index contributed by atoms with van der Waals surface area (Å²) in [6.07, 6.45) is 0. The number of carbonyl (C=O) groups excluding carboxylic acids is 2. The maximum Gasteiger partial charge on any atom is 0.254 e. The van der Waals surface area contributed by atoms with E-state index in [1.165, 1.54) is 29.2 Å². The highest BCUT2D eigenvalue weighted by Crippen LogP contribution is 2.25. The van der Waals surface area contributed by atoms with Crippen LogP contribution >= 0.6 is 0 Å². The van der Waals surface area contributed by atoms with Crippen LogP contribution in [0.15, 0.2) is 48.5 Å². The van der Waals surface area contributed by atoms with E-state index in [0.717, 1.165) is 0 Å². The molecule has 1 atom stereocenters. The molecule has 0 saturated carbocycles. The van der Waals surface area contributed by atoms with E-state index in [1.807, 2.05) is 0 Å². The van der Waals surface area contributed by atoms with Crippen molar-refractivity contribution in [3.8, 4) is 11.8 Å². The van der Waals surface area contributed by atoms with Crippen LogP contribution < -0.4 is 5.32 Å². The van der Waals surface area contributed by atoms with Crippen LogP contribution in [0.4, 0.5) is 4.39 Å². The highest BCUT2D eigenvalue weighted by atomic mass is 19.1. The molecule has 1 heterocycles. The SMILES string of the molecule is CC(C)(O)C#Cc1cccc(C(=O)N2CCNC(=O)C2c2ccc(F)cc2)c1. The lowest BCUT2D eigenvalue weighted by atomic mass is 10.0. The lowest BCUT2D eigenvalue weighted by molar-refractivity contribution is -0.128. The molecule has 0 bridgehead atoms. The molecule has 28 heavy (non-hydrogen) atoms.